The van der Waals surface area contributed by atoms with E-state index in [-0.39, 0.29) is 0 Å². The molecule has 3 rings (SSSR count). The largest absolute Gasteiger partial charge is 0.371 e. The van der Waals surface area contributed by atoms with Crippen LogP contribution in [-0.2, 0) is 13.0 Å². The summed E-state index contributed by atoms with van der Waals surface area (Å²) >= 11 is 3.40. The van der Waals surface area contributed by atoms with Crippen LogP contribution in [0.25, 0.3) is 0 Å². The molecule has 0 bridgehead atoms. The minimum Gasteiger partial charge on any atom is -0.371 e. The van der Waals surface area contributed by atoms with E-state index in [2.05, 4.69) is 61.5 Å². The maximum atomic E-state index is 4.42. The topological polar surface area (TPSA) is 28.2 Å². The SMILES string of the molecule is Brc1cccc(CNCCCN2CCc3ccccc32)n1. The first-order valence-electron chi connectivity index (χ1n) is 7.48. The van der Waals surface area contributed by atoms with Gasteiger partial charge >= 0.3 is 0 Å². The number of benzene rings is 1. The summed E-state index contributed by atoms with van der Waals surface area (Å²) in [7, 11) is 0. The van der Waals surface area contributed by atoms with Crippen LogP contribution < -0.4 is 10.2 Å². The molecule has 2 aromatic rings. The van der Waals surface area contributed by atoms with Gasteiger partial charge in [-0.05, 0) is 59.1 Å². The lowest BCUT2D eigenvalue weighted by Crippen LogP contribution is -2.25. The number of pyridine rings is 1. The quantitative estimate of drug-likeness (QED) is 0.642. The van der Waals surface area contributed by atoms with Gasteiger partial charge in [0.15, 0.2) is 0 Å². The Labute approximate surface area is 134 Å². The monoisotopic (exact) mass is 345 g/mol. The van der Waals surface area contributed by atoms with Crippen molar-refractivity contribution >= 4 is 21.6 Å². The molecule has 0 spiro atoms. The number of rotatable bonds is 6. The van der Waals surface area contributed by atoms with Gasteiger partial charge in [-0.1, -0.05) is 24.3 Å². The third-order valence-electron chi connectivity index (χ3n) is 3.84. The summed E-state index contributed by atoms with van der Waals surface area (Å²) in [5.41, 5.74) is 3.99. The lowest BCUT2D eigenvalue weighted by Gasteiger charge is -2.19. The fourth-order valence-electron chi connectivity index (χ4n) is 2.80. The van der Waals surface area contributed by atoms with E-state index in [0.29, 0.717) is 0 Å². The van der Waals surface area contributed by atoms with Gasteiger partial charge in [0.05, 0.1) is 5.69 Å². The zero-order chi connectivity index (χ0) is 14.5. The molecule has 0 aliphatic carbocycles. The molecule has 1 N–H and O–H groups in total. The molecule has 1 aromatic carbocycles. The molecule has 21 heavy (non-hydrogen) atoms. The second-order valence-corrected chi connectivity index (χ2v) is 6.16. The highest BCUT2D eigenvalue weighted by Gasteiger charge is 2.17. The van der Waals surface area contributed by atoms with E-state index in [0.717, 1.165) is 42.9 Å². The van der Waals surface area contributed by atoms with Crippen molar-refractivity contribution in [3.8, 4) is 0 Å². The summed E-state index contributed by atoms with van der Waals surface area (Å²) in [6.45, 7) is 4.13. The Morgan fingerprint density at radius 1 is 1.14 bits per heavy atom. The van der Waals surface area contributed by atoms with Crippen LogP contribution in [0.5, 0.6) is 0 Å². The Bertz CT molecular complexity index is 600. The summed E-state index contributed by atoms with van der Waals surface area (Å²) in [4.78, 5) is 6.92. The molecule has 1 aliphatic heterocycles. The van der Waals surface area contributed by atoms with E-state index in [1.165, 1.54) is 17.7 Å². The van der Waals surface area contributed by atoms with Crippen LogP contribution in [-0.4, -0.2) is 24.6 Å². The number of nitrogens with zero attached hydrogens (tertiary/aromatic N) is 2. The molecule has 0 fully saturated rings. The molecular formula is C17H20BrN3. The summed E-state index contributed by atoms with van der Waals surface area (Å²) < 4.78 is 0.899. The number of halogens is 1. The Kier molecular flexibility index (Phi) is 4.88. The zero-order valence-corrected chi connectivity index (χ0v) is 13.6. The molecule has 0 amide bonds. The molecule has 3 nitrogen and oxygen atoms in total. The van der Waals surface area contributed by atoms with Crippen molar-refractivity contribution in [3.63, 3.8) is 0 Å². The average molecular weight is 346 g/mol. The molecule has 4 heteroatoms. The van der Waals surface area contributed by atoms with Gasteiger partial charge in [-0.25, -0.2) is 4.98 Å². The Morgan fingerprint density at radius 3 is 2.95 bits per heavy atom. The van der Waals surface area contributed by atoms with Gasteiger partial charge in [-0.2, -0.15) is 0 Å². The van der Waals surface area contributed by atoms with Crippen LogP contribution in [0.15, 0.2) is 47.1 Å². The highest BCUT2D eigenvalue weighted by molar-refractivity contribution is 9.10. The van der Waals surface area contributed by atoms with Crippen molar-refractivity contribution in [2.75, 3.05) is 24.5 Å². The number of aromatic nitrogens is 1. The molecule has 0 saturated heterocycles. The van der Waals surface area contributed by atoms with Crippen LogP contribution in [0, 0.1) is 0 Å². The van der Waals surface area contributed by atoms with E-state index >= 15 is 0 Å². The Balaban J connectivity index is 1.40. The van der Waals surface area contributed by atoms with Gasteiger partial charge in [0.25, 0.3) is 0 Å². The van der Waals surface area contributed by atoms with Crippen molar-refractivity contribution in [2.45, 2.75) is 19.4 Å². The second kappa shape index (κ2) is 7.05. The summed E-state index contributed by atoms with van der Waals surface area (Å²) in [5.74, 6) is 0. The third-order valence-corrected chi connectivity index (χ3v) is 4.29. The van der Waals surface area contributed by atoms with Crippen LogP contribution in [0.2, 0.25) is 0 Å². The number of fused-ring (bicyclic) bond motifs is 1. The average Bonchev–Trinajstić information content (AvgIpc) is 2.90. The van der Waals surface area contributed by atoms with Gasteiger partial charge in [0.2, 0.25) is 0 Å². The van der Waals surface area contributed by atoms with Crippen molar-refractivity contribution in [1.29, 1.82) is 0 Å². The van der Waals surface area contributed by atoms with E-state index in [1.807, 2.05) is 12.1 Å². The van der Waals surface area contributed by atoms with Crippen LogP contribution in [0.4, 0.5) is 5.69 Å². The van der Waals surface area contributed by atoms with Crippen molar-refractivity contribution in [3.05, 3.63) is 58.3 Å². The van der Waals surface area contributed by atoms with Gasteiger partial charge in [0, 0.05) is 25.3 Å². The van der Waals surface area contributed by atoms with Gasteiger partial charge < -0.3 is 10.2 Å². The molecule has 1 aromatic heterocycles. The number of nitrogens with one attached hydrogen (secondary N) is 1. The van der Waals surface area contributed by atoms with Crippen LogP contribution in [0.3, 0.4) is 0 Å². The fraction of sp³-hybridized carbons (Fsp3) is 0.353. The maximum absolute atomic E-state index is 4.42. The third kappa shape index (κ3) is 3.83. The van der Waals surface area contributed by atoms with Crippen LogP contribution >= 0.6 is 15.9 Å². The van der Waals surface area contributed by atoms with E-state index < -0.39 is 0 Å². The standard InChI is InChI=1S/C17H20BrN3/c18-17-8-3-6-15(20-17)13-19-10-4-11-21-12-9-14-5-1-2-7-16(14)21/h1-3,5-8,19H,4,9-13H2. The van der Waals surface area contributed by atoms with Gasteiger partial charge in [-0.15, -0.1) is 0 Å². The molecule has 110 valence electrons. The highest BCUT2D eigenvalue weighted by Crippen LogP contribution is 2.27. The number of hydrogen-bond donors (Lipinski definition) is 1. The predicted octanol–water partition coefficient (Wildman–Crippen LogP) is 3.39. The molecule has 0 radical (unpaired) electrons. The van der Waals surface area contributed by atoms with Crippen molar-refractivity contribution < 1.29 is 0 Å². The van der Waals surface area contributed by atoms with Gasteiger partial charge in [-0.3, -0.25) is 0 Å². The molecular weight excluding hydrogens is 326 g/mol. The fourth-order valence-corrected chi connectivity index (χ4v) is 3.18. The molecule has 1 aliphatic rings. The van der Waals surface area contributed by atoms with Gasteiger partial charge in [0.1, 0.15) is 4.60 Å². The lowest BCUT2D eigenvalue weighted by atomic mass is 10.2. The predicted molar refractivity (Wildman–Crippen MR) is 90.6 cm³/mol. The molecule has 0 unspecified atom stereocenters. The molecule has 2 heterocycles. The van der Waals surface area contributed by atoms with Crippen molar-refractivity contribution in [1.82, 2.24) is 10.3 Å². The minimum atomic E-state index is 0.829. The summed E-state index contributed by atoms with van der Waals surface area (Å²) in [5, 5.41) is 3.47. The minimum absolute atomic E-state index is 0.829. The van der Waals surface area contributed by atoms with E-state index in [9.17, 15) is 0 Å². The number of hydrogen-bond acceptors (Lipinski definition) is 3. The first-order chi connectivity index (χ1) is 10.3. The molecule has 0 saturated carbocycles. The maximum Gasteiger partial charge on any atom is 0.106 e. The lowest BCUT2D eigenvalue weighted by molar-refractivity contribution is 0.630. The summed E-state index contributed by atoms with van der Waals surface area (Å²) in [6.07, 6.45) is 2.34. The first kappa shape index (κ1) is 14.5. The molecule has 0 atom stereocenters. The van der Waals surface area contributed by atoms with Crippen molar-refractivity contribution in [2.24, 2.45) is 0 Å². The number of anilines is 1. The second-order valence-electron chi connectivity index (χ2n) is 5.35. The van der Waals surface area contributed by atoms with E-state index in [1.54, 1.807) is 0 Å². The van der Waals surface area contributed by atoms with Crippen LogP contribution in [0.1, 0.15) is 17.7 Å². The Morgan fingerprint density at radius 2 is 2.05 bits per heavy atom. The normalized spacial score (nSPS) is 13.5. The highest BCUT2D eigenvalue weighted by atomic mass is 79.9. The smallest absolute Gasteiger partial charge is 0.106 e. The number of para-hydroxylation sites is 1. The zero-order valence-electron chi connectivity index (χ0n) is 12.1. The first-order valence-corrected chi connectivity index (χ1v) is 8.27. The summed E-state index contributed by atoms with van der Waals surface area (Å²) in [6, 6.07) is 14.8. The van der Waals surface area contributed by atoms with E-state index in [4.69, 9.17) is 0 Å². The Hall–Kier alpha value is -1.39.